The Hall–Kier alpha value is -3.34. The fourth-order valence-electron chi connectivity index (χ4n) is 2.66. The van der Waals surface area contributed by atoms with E-state index in [1.807, 2.05) is 70.5 Å². The van der Waals surface area contributed by atoms with Crippen molar-refractivity contribution in [1.82, 2.24) is 15.0 Å². The molecule has 166 valence electrons. The Morgan fingerprint density at radius 2 is 1.90 bits per heavy atom. The van der Waals surface area contributed by atoms with Crippen LogP contribution in [0.2, 0.25) is 0 Å². The monoisotopic (exact) mass is 420 g/mol. The highest BCUT2D eigenvalue weighted by atomic mass is 16.5. The van der Waals surface area contributed by atoms with E-state index in [-0.39, 0.29) is 0 Å². The molecule has 0 saturated heterocycles. The molecule has 0 atom stereocenters. The van der Waals surface area contributed by atoms with Gasteiger partial charge in [-0.25, -0.2) is 9.97 Å². The first-order chi connectivity index (χ1) is 15.1. The van der Waals surface area contributed by atoms with Gasteiger partial charge in [-0.1, -0.05) is 39.0 Å². The van der Waals surface area contributed by atoms with E-state index in [9.17, 15) is 0 Å². The van der Waals surface area contributed by atoms with Gasteiger partial charge in [0.1, 0.15) is 5.82 Å². The first-order valence-corrected chi connectivity index (χ1v) is 10.7. The van der Waals surface area contributed by atoms with Crippen LogP contribution in [0.25, 0.3) is 22.2 Å². The second-order valence-corrected chi connectivity index (χ2v) is 6.48. The predicted octanol–water partition coefficient (Wildman–Crippen LogP) is 7.41. The Morgan fingerprint density at radius 3 is 2.52 bits per heavy atom. The zero-order valence-corrected chi connectivity index (χ0v) is 19.9. The first-order valence-electron chi connectivity index (χ1n) is 10.7. The Morgan fingerprint density at radius 1 is 1.13 bits per heavy atom. The van der Waals surface area contributed by atoms with Crippen molar-refractivity contribution in [3.63, 3.8) is 0 Å². The SMILES string of the molecule is C/C=C/C=C/Nc1ncc(-c2ccc3nc[nH]c3c2)cc1C.CC.CC/C=C(\C)OC. The van der Waals surface area contributed by atoms with Gasteiger partial charge in [0, 0.05) is 18.0 Å². The van der Waals surface area contributed by atoms with E-state index in [1.165, 1.54) is 0 Å². The largest absolute Gasteiger partial charge is 0.502 e. The number of anilines is 1. The molecule has 5 heteroatoms. The van der Waals surface area contributed by atoms with E-state index >= 15 is 0 Å². The number of hydrogen-bond donors (Lipinski definition) is 2. The number of methoxy groups -OCH3 is 1. The topological polar surface area (TPSA) is 62.8 Å². The molecule has 0 unspecified atom stereocenters. The van der Waals surface area contributed by atoms with Crippen molar-refractivity contribution in [3.8, 4) is 11.1 Å². The van der Waals surface area contributed by atoms with Crippen LogP contribution in [0.1, 0.15) is 46.6 Å². The summed E-state index contributed by atoms with van der Waals surface area (Å²) in [6.45, 7) is 12.1. The van der Waals surface area contributed by atoms with Crippen LogP contribution < -0.4 is 5.32 Å². The van der Waals surface area contributed by atoms with Crippen LogP contribution in [0, 0.1) is 6.92 Å². The molecule has 2 N–H and O–H groups in total. The van der Waals surface area contributed by atoms with Crippen molar-refractivity contribution in [1.29, 1.82) is 0 Å². The summed E-state index contributed by atoms with van der Waals surface area (Å²) in [6, 6.07) is 8.31. The summed E-state index contributed by atoms with van der Waals surface area (Å²) in [5, 5.41) is 3.19. The molecular weight excluding hydrogens is 384 g/mol. The van der Waals surface area contributed by atoms with Gasteiger partial charge in [-0.2, -0.15) is 0 Å². The number of allylic oxidation sites excluding steroid dienone is 5. The lowest BCUT2D eigenvalue weighted by molar-refractivity contribution is 0.292. The molecule has 0 amide bonds. The standard InChI is InChI=1S/C18H18N4.C6H12O.C2H6/c1-3-4-5-8-19-18-13(2)9-15(11-20-18)14-6-7-16-17(10-14)22-12-21-16;1-4-5-6(2)7-3;1-2/h3-12H,1-2H3,(H,19,20)(H,21,22);5H,4H2,1-3H3;1-2H3/b4-3+,8-5+;6-5+;. The third kappa shape index (κ3) is 8.51. The fraction of sp³-hybridized carbons (Fsp3) is 0.308. The molecule has 0 aliphatic heterocycles. The van der Waals surface area contributed by atoms with Crippen LogP contribution in [0.4, 0.5) is 5.82 Å². The number of hydrogen-bond acceptors (Lipinski definition) is 4. The van der Waals surface area contributed by atoms with Gasteiger partial charge in [-0.15, -0.1) is 0 Å². The van der Waals surface area contributed by atoms with Gasteiger partial charge < -0.3 is 15.0 Å². The minimum absolute atomic E-state index is 0.868. The van der Waals surface area contributed by atoms with Gasteiger partial charge in [-0.3, -0.25) is 0 Å². The number of pyridine rings is 1. The van der Waals surface area contributed by atoms with Crippen molar-refractivity contribution in [2.75, 3.05) is 12.4 Å². The van der Waals surface area contributed by atoms with E-state index in [2.05, 4.69) is 52.3 Å². The quantitative estimate of drug-likeness (QED) is 0.322. The van der Waals surface area contributed by atoms with E-state index in [0.717, 1.165) is 45.7 Å². The number of benzene rings is 1. The molecule has 2 heterocycles. The number of nitrogens with zero attached hydrogens (tertiary/aromatic N) is 2. The molecule has 0 fully saturated rings. The van der Waals surface area contributed by atoms with Gasteiger partial charge in [-0.05, 0) is 68.7 Å². The third-order valence-electron chi connectivity index (χ3n) is 4.27. The zero-order chi connectivity index (χ0) is 23.1. The number of rotatable bonds is 6. The average Bonchev–Trinajstić information content (AvgIpc) is 3.27. The maximum atomic E-state index is 4.85. The minimum Gasteiger partial charge on any atom is -0.502 e. The Kier molecular flexibility index (Phi) is 12.1. The van der Waals surface area contributed by atoms with Gasteiger partial charge in [0.05, 0.1) is 30.2 Å². The van der Waals surface area contributed by atoms with Gasteiger partial charge >= 0.3 is 0 Å². The minimum atomic E-state index is 0.868. The van der Waals surface area contributed by atoms with Crippen LogP contribution in [0.5, 0.6) is 0 Å². The second kappa shape index (κ2) is 14.6. The lowest BCUT2D eigenvalue weighted by atomic mass is 10.1. The van der Waals surface area contributed by atoms with Gasteiger partial charge in [0.2, 0.25) is 0 Å². The van der Waals surface area contributed by atoms with Crippen molar-refractivity contribution in [2.45, 2.75) is 48.0 Å². The lowest BCUT2D eigenvalue weighted by Crippen LogP contribution is -1.95. The number of ether oxygens (including phenoxy) is 1. The average molecular weight is 421 g/mol. The maximum absolute atomic E-state index is 4.85. The highest BCUT2D eigenvalue weighted by molar-refractivity contribution is 5.81. The molecule has 0 radical (unpaired) electrons. The molecule has 0 aliphatic carbocycles. The normalized spacial score (nSPS) is 11.1. The molecule has 0 aliphatic rings. The number of aromatic nitrogens is 3. The molecule has 31 heavy (non-hydrogen) atoms. The molecule has 0 saturated carbocycles. The number of H-pyrrole nitrogens is 1. The first kappa shape index (κ1) is 25.7. The summed E-state index contributed by atoms with van der Waals surface area (Å²) in [6.07, 6.45) is 14.5. The molecule has 0 bridgehead atoms. The molecule has 2 aromatic heterocycles. The Balaban J connectivity index is 0.000000457. The van der Waals surface area contributed by atoms with Crippen molar-refractivity contribution >= 4 is 16.9 Å². The molecule has 1 aromatic carbocycles. The number of aryl methyl sites for hydroxylation is 1. The van der Waals surface area contributed by atoms with E-state index in [0.29, 0.717) is 0 Å². The second-order valence-electron chi connectivity index (χ2n) is 6.48. The van der Waals surface area contributed by atoms with Crippen LogP contribution >= 0.6 is 0 Å². The summed E-state index contributed by atoms with van der Waals surface area (Å²) in [5.41, 5.74) is 5.33. The van der Waals surface area contributed by atoms with E-state index in [1.54, 1.807) is 13.4 Å². The summed E-state index contributed by atoms with van der Waals surface area (Å²) in [5.74, 6) is 1.87. The number of imidazole rings is 1. The maximum Gasteiger partial charge on any atom is 0.132 e. The highest BCUT2D eigenvalue weighted by Crippen LogP contribution is 2.25. The van der Waals surface area contributed by atoms with Crippen LogP contribution in [0.15, 0.2) is 73.1 Å². The highest BCUT2D eigenvalue weighted by Gasteiger charge is 2.04. The van der Waals surface area contributed by atoms with Crippen molar-refractivity contribution < 1.29 is 4.74 Å². The van der Waals surface area contributed by atoms with E-state index in [4.69, 9.17) is 4.74 Å². The lowest BCUT2D eigenvalue weighted by Gasteiger charge is -2.07. The molecule has 5 nitrogen and oxygen atoms in total. The third-order valence-corrected chi connectivity index (χ3v) is 4.27. The van der Waals surface area contributed by atoms with Gasteiger partial charge in [0.15, 0.2) is 0 Å². The zero-order valence-electron chi connectivity index (χ0n) is 19.9. The van der Waals surface area contributed by atoms with E-state index < -0.39 is 0 Å². The smallest absolute Gasteiger partial charge is 0.132 e. The summed E-state index contributed by atoms with van der Waals surface area (Å²) < 4.78 is 4.85. The summed E-state index contributed by atoms with van der Waals surface area (Å²) in [7, 11) is 1.68. The Labute approximate surface area is 187 Å². The number of aromatic amines is 1. The summed E-state index contributed by atoms with van der Waals surface area (Å²) >= 11 is 0. The predicted molar refractivity (Wildman–Crippen MR) is 134 cm³/mol. The van der Waals surface area contributed by atoms with Gasteiger partial charge in [0.25, 0.3) is 0 Å². The van der Waals surface area contributed by atoms with Crippen molar-refractivity contribution in [2.24, 2.45) is 0 Å². The van der Waals surface area contributed by atoms with Crippen LogP contribution in [-0.4, -0.2) is 22.1 Å². The fourth-order valence-corrected chi connectivity index (χ4v) is 2.66. The molecule has 3 rings (SSSR count). The van der Waals surface area contributed by atoms with Crippen LogP contribution in [0.3, 0.4) is 0 Å². The number of nitrogens with one attached hydrogen (secondary N) is 2. The summed E-state index contributed by atoms with van der Waals surface area (Å²) in [4.78, 5) is 11.9. The van der Waals surface area contributed by atoms with Crippen molar-refractivity contribution in [3.05, 3.63) is 78.6 Å². The van der Waals surface area contributed by atoms with Crippen LogP contribution in [-0.2, 0) is 4.74 Å². The Bertz CT molecular complexity index is 1000. The molecule has 3 aromatic rings. The number of fused-ring (bicyclic) bond motifs is 1. The molecular formula is C26H36N4O. The molecule has 0 spiro atoms.